The Morgan fingerprint density at radius 2 is 0.609 bits per heavy atom. The summed E-state index contributed by atoms with van der Waals surface area (Å²) in [5, 5.41) is 0. The lowest BCUT2D eigenvalue weighted by atomic mass is 10.0. The average Bonchev–Trinajstić information content (AvgIpc) is 3.29. The van der Waals surface area contributed by atoms with Crippen LogP contribution in [0.25, 0.3) is 0 Å². The zero-order chi connectivity index (χ0) is 46.5. The van der Waals surface area contributed by atoms with Gasteiger partial charge in [-0.2, -0.15) is 0 Å². The van der Waals surface area contributed by atoms with Crippen LogP contribution in [0.2, 0.25) is 0 Å². The van der Waals surface area contributed by atoms with Crippen LogP contribution in [0.3, 0.4) is 0 Å². The van der Waals surface area contributed by atoms with Crippen LogP contribution in [-0.2, 0) is 28.6 Å². The van der Waals surface area contributed by atoms with E-state index >= 15 is 0 Å². The lowest BCUT2D eigenvalue weighted by Gasteiger charge is -2.18. The molecule has 0 aromatic rings. The molecule has 0 rings (SSSR count). The molecule has 0 aliphatic rings. The molecule has 0 heterocycles. The lowest BCUT2D eigenvalue weighted by Crippen LogP contribution is -2.30. The van der Waals surface area contributed by atoms with Crippen LogP contribution in [0.1, 0.15) is 271 Å². The van der Waals surface area contributed by atoms with E-state index in [-0.39, 0.29) is 31.1 Å². The van der Waals surface area contributed by atoms with E-state index in [4.69, 9.17) is 14.2 Å². The molecule has 0 bridgehead atoms. The highest BCUT2D eigenvalue weighted by molar-refractivity contribution is 5.71. The molecule has 0 aliphatic heterocycles. The maximum atomic E-state index is 12.8. The predicted octanol–water partition coefficient (Wildman–Crippen LogP) is 18.0. The van der Waals surface area contributed by atoms with Crippen molar-refractivity contribution in [1.29, 1.82) is 0 Å². The third-order valence-corrected chi connectivity index (χ3v) is 11.8. The largest absolute Gasteiger partial charge is 0.462 e. The Labute approximate surface area is 396 Å². The van der Waals surface area contributed by atoms with E-state index < -0.39 is 6.10 Å². The maximum Gasteiger partial charge on any atom is 0.306 e. The quantitative estimate of drug-likeness (QED) is 0.0262. The molecule has 1 unspecified atom stereocenters. The summed E-state index contributed by atoms with van der Waals surface area (Å²) in [6.45, 7) is 6.49. The number of ether oxygens (including phenoxy) is 3. The molecule has 0 saturated carbocycles. The molecule has 1 atom stereocenters. The summed E-state index contributed by atoms with van der Waals surface area (Å²) in [4.78, 5) is 37.9. The van der Waals surface area contributed by atoms with Crippen LogP contribution in [0.5, 0.6) is 0 Å². The zero-order valence-electron chi connectivity index (χ0n) is 42.3. The van der Waals surface area contributed by atoms with Crippen LogP contribution in [-0.4, -0.2) is 37.2 Å². The molecule has 0 spiro atoms. The molecule has 0 radical (unpaired) electrons. The van der Waals surface area contributed by atoms with Gasteiger partial charge in [-0.05, 0) is 64.2 Å². The molecule has 0 aromatic carbocycles. The molecule has 0 amide bonds. The van der Waals surface area contributed by atoms with E-state index in [1.54, 1.807) is 0 Å². The van der Waals surface area contributed by atoms with Crippen LogP contribution in [0.15, 0.2) is 60.8 Å². The highest BCUT2D eigenvalue weighted by Crippen LogP contribution is 2.16. The van der Waals surface area contributed by atoms with Gasteiger partial charge in [-0.15, -0.1) is 0 Å². The first-order valence-electron chi connectivity index (χ1n) is 27.3. The monoisotopic (exact) mass is 895 g/mol. The van der Waals surface area contributed by atoms with Crippen LogP contribution >= 0.6 is 0 Å². The summed E-state index contributed by atoms with van der Waals surface area (Å²) in [6.07, 6.45) is 65.1. The first kappa shape index (κ1) is 61.1. The second kappa shape index (κ2) is 52.7. The molecular formula is C58H102O6. The van der Waals surface area contributed by atoms with Gasteiger partial charge in [0, 0.05) is 19.3 Å². The van der Waals surface area contributed by atoms with Gasteiger partial charge in [-0.1, -0.05) is 248 Å². The maximum absolute atomic E-state index is 12.8. The van der Waals surface area contributed by atoms with Crippen molar-refractivity contribution >= 4 is 17.9 Å². The minimum Gasteiger partial charge on any atom is -0.462 e. The first-order chi connectivity index (χ1) is 31.5. The number of unbranched alkanes of at least 4 members (excludes halogenated alkanes) is 28. The van der Waals surface area contributed by atoms with Crippen molar-refractivity contribution in [1.82, 2.24) is 0 Å². The van der Waals surface area contributed by atoms with Crippen LogP contribution < -0.4 is 0 Å². The van der Waals surface area contributed by atoms with Gasteiger partial charge < -0.3 is 14.2 Å². The molecule has 0 fully saturated rings. The summed E-state index contributed by atoms with van der Waals surface area (Å²) in [5.74, 6) is -0.895. The van der Waals surface area contributed by atoms with E-state index in [1.165, 1.54) is 122 Å². The van der Waals surface area contributed by atoms with Crippen LogP contribution in [0.4, 0.5) is 0 Å². The molecule has 6 nitrogen and oxygen atoms in total. The minimum absolute atomic E-state index is 0.0780. The van der Waals surface area contributed by atoms with E-state index in [2.05, 4.69) is 81.5 Å². The first-order valence-corrected chi connectivity index (χ1v) is 27.3. The Hall–Kier alpha value is -2.89. The van der Waals surface area contributed by atoms with Gasteiger partial charge in [0.2, 0.25) is 0 Å². The van der Waals surface area contributed by atoms with Crippen LogP contribution in [0, 0.1) is 0 Å². The topological polar surface area (TPSA) is 78.9 Å². The number of esters is 3. The Balaban J connectivity index is 4.25. The summed E-state index contributed by atoms with van der Waals surface area (Å²) >= 11 is 0. The second-order valence-corrected chi connectivity index (χ2v) is 18.1. The van der Waals surface area contributed by atoms with Gasteiger partial charge in [0.15, 0.2) is 6.10 Å². The lowest BCUT2D eigenvalue weighted by molar-refractivity contribution is -0.167. The minimum atomic E-state index is -0.777. The predicted molar refractivity (Wildman–Crippen MR) is 275 cm³/mol. The molecule has 0 aromatic heterocycles. The highest BCUT2D eigenvalue weighted by atomic mass is 16.6. The number of allylic oxidation sites excluding steroid dienone is 10. The molecule has 6 heteroatoms. The van der Waals surface area contributed by atoms with Gasteiger partial charge in [0.25, 0.3) is 0 Å². The third kappa shape index (κ3) is 50.1. The fraction of sp³-hybridized carbons (Fsp3) is 0.776. The Kier molecular flexibility index (Phi) is 50.4. The smallest absolute Gasteiger partial charge is 0.306 e. The van der Waals surface area contributed by atoms with Gasteiger partial charge in [-0.25, -0.2) is 0 Å². The van der Waals surface area contributed by atoms with Crippen molar-refractivity contribution in [3.05, 3.63) is 60.8 Å². The zero-order valence-corrected chi connectivity index (χ0v) is 42.3. The molecular weight excluding hydrogens is 793 g/mol. The van der Waals surface area contributed by atoms with E-state index in [1.807, 2.05) is 0 Å². The van der Waals surface area contributed by atoms with Gasteiger partial charge in [-0.3, -0.25) is 14.4 Å². The third-order valence-electron chi connectivity index (χ3n) is 11.8. The van der Waals surface area contributed by atoms with Crippen molar-refractivity contribution in [2.75, 3.05) is 13.2 Å². The molecule has 0 N–H and O–H groups in total. The summed E-state index contributed by atoms with van der Waals surface area (Å²) in [7, 11) is 0. The summed E-state index contributed by atoms with van der Waals surface area (Å²) < 4.78 is 16.8. The van der Waals surface area contributed by atoms with Gasteiger partial charge in [0.1, 0.15) is 13.2 Å². The van der Waals surface area contributed by atoms with Crippen molar-refractivity contribution in [3.63, 3.8) is 0 Å². The number of hydrogen-bond donors (Lipinski definition) is 0. The number of carbonyl (C=O) groups excluding carboxylic acids is 3. The molecule has 0 saturated heterocycles. The number of hydrogen-bond acceptors (Lipinski definition) is 6. The SMILES string of the molecule is CC/C=C\C/C=C\C/C=C\C/C=C\C/C=C\CCCCCCCC(=O)OCC(COC(=O)CCCCCCCCC)OC(=O)CCCCCCCCCCCCCCCCCCCC. The van der Waals surface area contributed by atoms with E-state index in [0.717, 1.165) is 109 Å². The second-order valence-electron chi connectivity index (χ2n) is 18.1. The van der Waals surface area contributed by atoms with Gasteiger partial charge >= 0.3 is 17.9 Å². The van der Waals surface area contributed by atoms with E-state index in [9.17, 15) is 14.4 Å². The molecule has 64 heavy (non-hydrogen) atoms. The van der Waals surface area contributed by atoms with Crippen molar-refractivity contribution in [2.24, 2.45) is 0 Å². The van der Waals surface area contributed by atoms with E-state index in [0.29, 0.717) is 19.3 Å². The van der Waals surface area contributed by atoms with Gasteiger partial charge in [0.05, 0.1) is 0 Å². The highest BCUT2D eigenvalue weighted by Gasteiger charge is 2.19. The molecule has 370 valence electrons. The number of carbonyl (C=O) groups is 3. The van der Waals surface area contributed by atoms with Crippen molar-refractivity contribution in [2.45, 2.75) is 277 Å². The summed E-state index contributed by atoms with van der Waals surface area (Å²) in [5.41, 5.74) is 0. The van der Waals surface area contributed by atoms with Crippen molar-refractivity contribution in [3.8, 4) is 0 Å². The Morgan fingerprint density at radius 3 is 0.953 bits per heavy atom. The van der Waals surface area contributed by atoms with Crippen molar-refractivity contribution < 1.29 is 28.6 Å². The number of rotatable bonds is 49. The standard InChI is InChI=1S/C58H102O6/c1-4-7-10-13-16-18-20-22-24-26-28-29-30-32-33-35-37-39-42-45-48-51-57(60)63-54-55(53-62-56(59)50-47-44-41-15-12-9-6-3)64-58(61)52-49-46-43-40-38-36-34-31-27-25-23-21-19-17-14-11-8-5-2/h7,10,16,18,22,24,28-29,32-33,55H,4-6,8-9,11-15,17,19-21,23,25-27,30-31,34-54H2,1-3H3/b10-7-,18-16-,24-22-,29-28-,33-32-. The normalized spacial score (nSPS) is 12.5. The Morgan fingerprint density at radius 1 is 0.328 bits per heavy atom. The fourth-order valence-corrected chi connectivity index (χ4v) is 7.70. The fourth-order valence-electron chi connectivity index (χ4n) is 7.70. The molecule has 0 aliphatic carbocycles. The average molecular weight is 895 g/mol. The Bertz CT molecular complexity index is 1170. The summed E-state index contributed by atoms with van der Waals surface area (Å²) in [6, 6.07) is 0.